The Morgan fingerprint density at radius 3 is 2.58 bits per heavy atom. The maximum atomic E-state index is 2.72. The van der Waals surface area contributed by atoms with Crippen molar-refractivity contribution in [2.24, 2.45) is 5.92 Å². The summed E-state index contributed by atoms with van der Waals surface area (Å²) in [5.74, 6) is 0.709. The molecule has 0 bridgehead atoms. The van der Waals surface area contributed by atoms with Gasteiger partial charge in [0.05, 0.1) is 0 Å². The smallest absolute Gasteiger partial charge is 0.0440 e. The molecule has 2 aliphatic heterocycles. The van der Waals surface area contributed by atoms with E-state index in [0.29, 0.717) is 12.0 Å². The van der Waals surface area contributed by atoms with Gasteiger partial charge in [-0.05, 0) is 72.2 Å². The molecule has 0 aromatic heterocycles. The molecule has 0 aliphatic carbocycles. The lowest BCUT2D eigenvalue weighted by molar-refractivity contribution is 0.176. The van der Waals surface area contributed by atoms with Gasteiger partial charge in [0, 0.05) is 34.4 Å². The van der Waals surface area contributed by atoms with Crippen LogP contribution in [0.1, 0.15) is 26.7 Å². The van der Waals surface area contributed by atoms with Crippen LogP contribution in [0.25, 0.3) is 0 Å². The molecule has 0 spiro atoms. The summed E-state index contributed by atoms with van der Waals surface area (Å²) < 4.78 is 1.32. The zero-order valence-corrected chi connectivity index (χ0v) is 14.0. The third kappa shape index (κ3) is 2.77. The van der Waals surface area contributed by atoms with Gasteiger partial charge in [-0.2, -0.15) is 0 Å². The number of nitrogens with zero attached hydrogens (tertiary/aromatic N) is 2. The number of anilines is 1. The van der Waals surface area contributed by atoms with E-state index in [-0.39, 0.29) is 0 Å². The highest BCUT2D eigenvalue weighted by Crippen LogP contribution is 2.31. The summed E-state index contributed by atoms with van der Waals surface area (Å²) in [6.07, 6.45) is 2.77. The molecular formula is C16H23IN2. The second kappa shape index (κ2) is 5.60. The van der Waals surface area contributed by atoms with Crippen molar-refractivity contribution in [2.45, 2.75) is 38.8 Å². The van der Waals surface area contributed by atoms with Crippen molar-refractivity contribution in [1.29, 1.82) is 0 Å². The molecule has 3 rings (SSSR count). The van der Waals surface area contributed by atoms with Gasteiger partial charge in [0.15, 0.2) is 0 Å². The second-order valence-electron chi connectivity index (χ2n) is 6.23. The summed E-state index contributed by atoms with van der Waals surface area (Å²) in [6.45, 7) is 8.49. The van der Waals surface area contributed by atoms with Crippen LogP contribution < -0.4 is 4.90 Å². The Hall–Kier alpha value is -0.290. The molecular weight excluding hydrogens is 347 g/mol. The lowest BCUT2D eigenvalue weighted by Gasteiger charge is -2.46. The molecule has 2 saturated heterocycles. The van der Waals surface area contributed by atoms with E-state index in [1.165, 1.54) is 41.7 Å². The number of fused-ring (bicyclic) bond motifs is 1. The first-order valence-corrected chi connectivity index (χ1v) is 8.49. The highest BCUT2D eigenvalue weighted by molar-refractivity contribution is 14.1. The maximum absolute atomic E-state index is 2.72. The van der Waals surface area contributed by atoms with Crippen LogP contribution in [0.4, 0.5) is 5.69 Å². The monoisotopic (exact) mass is 370 g/mol. The normalized spacial score (nSPS) is 27.9. The van der Waals surface area contributed by atoms with Crippen molar-refractivity contribution in [2.75, 3.05) is 24.5 Å². The maximum Gasteiger partial charge on any atom is 0.0440 e. The SMILES string of the molecule is CC(C)C1CN2CCCC2CN1c1ccc(I)cc1. The van der Waals surface area contributed by atoms with E-state index in [1.807, 2.05) is 0 Å². The highest BCUT2D eigenvalue weighted by Gasteiger charge is 2.37. The van der Waals surface area contributed by atoms with Gasteiger partial charge >= 0.3 is 0 Å². The third-order valence-corrected chi connectivity index (χ3v) is 5.38. The lowest BCUT2D eigenvalue weighted by Crippen LogP contribution is -2.58. The first-order chi connectivity index (χ1) is 9.15. The van der Waals surface area contributed by atoms with Crippen molar-refractivity contribution in [3.05, 3.63) is 27.8 Å². The summed E-state index contributed by atoms with van der Waals surface area (Å²) in [7, 11) is 0. The fourth-order valence-corrected chi connectivity index (χ4v) is 3.90. The van der Waals surface area contributed by atoms with E-state index in [9.17, 15) is 0 Å². The van der Waals surface area contributed by atoms with Gasteiger partial charge in [-0.15, -0.1) is 0 Å². The van der Waals surface area contributed by atoms with Crippen molar-refractivity contribution in [3.8, 4) is 0 Å². The predicted octanol–water partition coefficient (Wildman–Crippen LogP) is 3.60. The average Bonchev–Trinajstić information content (AvgIpc) is 2.85. The van der Waals surface area contributed by atoms with Crippen molar-refractivity contribution in [1.82, 2.24) is 4.90 Å². The molecule has 0 amide bonds. The largest absolute Gasteiger partial charge is 0.365 e. The summed E-state index contributed by atoms with van der Waals surface area (Å²) in [4.78, 5) is 5.38. The van der Waals surface area contributed by atoms with Crippen LogP contribution in [0.3, 0.4) is 0 Å². The Kier molecular flexibility index (Phi) is 4.03. The minimum absolute atomic E-state index is 0.661. The summed E-state index contributed by atoms with van der Waals surface area (Å²) in [5, 5.41) is 0. The molecule has 0 N–H and O–H groups in total. The summed E-state index contributed by atoms with van der Waals surface area (Å²) in [5.41, 5.74) is 1.41. The first-order valence-electron chi connectivity index (χ1n) is 7.41. The number of hydrogen-bond acceptors (Lipinski definition) is 2. The van der Waals surface area contributed by atoms with Crippen LogP contribution in [0, 0.1) is 9.49 Å². The standard InChI is InChI=1S/C16H23IN2/c1-12(2)16-11-18-9-3-4-15(18)10-19(16)14-7-5-13(17)6-8-14/h5-8,12,15-16H,3-4,9-11H2,1-2H3. The van der Waals surface area contributed by atoms with E-state index >= 15 is 0 Å². The van der Waals surface area contributed by atoms with Gasteiger partial charge < -0.3 is 4.90 Å². The van der Waals surface area contributed by atoms with Gasteiger partial charge in [-0.25, -0.2) is 0 Å². The minimum Gasteiger partial charge on any atom is -0.365 e. The number of piperazine rings is 1. The van der Waals surface area contributed by atoms with Gasteiger partial charge in [-0.3, -0.25) is 4.90 Å². The zero-order valence-electron chi connectivity index (χ0n) is 11.8. The van der Waals surface area contributed by atoms with E-state index in [4.69, 9.17) is 0 Å². The third-order valence-electron chi connectivity index (χ3n) is 4.66. The van der Waals surface area contributed by atoms with E-state index in [2.05, 4.69) is 70.5 Å². The zero-order chi connectivity index (χ0) is 13.4. The summed E-state index contributed by atoms with van der Waals surface area (Å²) >= 11 is 2.38. The van der Waals surface area contributed by atoms with Crippen molar-refractivity contribution >= 4 is 28.3 Å². The number of hydrogen-bond donors (Lipinski definition) is 0. The molecule has 0 saturated carbocycles. The molecule has 2 nitrogen and oxygen atoms in total. The molecule has 1 aromatic carbocycles. The minimum atomic E-state index is 0.661. The van der Waals surface area contributed by atoms with Crippen LogP contribution in [0.2, 0.25) is 0 Å². The van der Waals surface area contributed by atoms with E-state index < -0.39 is 0 Å². The second-order valence-corrected chi connectivity index (χ2v) is 7.48. The van der Waals surface area contributed by atoms with Crippen LogP contribution in [0.5, 0.6) is 0 Å². The average molecular weight is 370 g/mol. The predicted molar refractivity (Wildman–Crippen MR) is 89.7 cm³/mol. The van der Waals surface area contributed by atoms with Gasteiger partial charge in [0.25, 0.3) is 0 Å². The molecule has 1 aromatic rings. The fourth-order valence-electron chi connectivity index (χ4n) is 3.54. The Morgan fingerprint density at radius 1 is 1.16 bits per heavy atom. The van der Waals surface area contributed by atoms with Gasteiger partial charge in [0.1, 0.15) is 0 Å². The Labute approximate surface area is 130 Å². The topological polar surface area (TPSA) is 6.48 Å². The molecule has 104 valence electrons. The molecule has 2 aliphatic rings. The first kappa shape index (κ1) is 13.7. The molecule has 2 unspecified atom stereocenters. The molecule has 0 radical (unpaired) electrons. The van der Waals surface area contributed by atoms with Crippen LogP contribution >= 0.6 is 22.6 Å². The fraction of sp³-hybridized carbons (Fsp3) is 0.625. The summed E-state index contributed by atoms with van der Waals surface area (Å²) in [6, 6.07) is 10.5. The lowest BCUT2D eigenvalue weighted by atomic mass is 9.96. The van der Waals surface area contributed by atoms with E-state index in [1.54, 1.807) is 0 Å². The number of halogens is 1. The highest BCUT2D eigenvalue weighted by atomic mass is 127. The molecule has 19 heavy (non-hydrogen) atoms. The van der Waals surface area contributed by atoms with Crippen LogP contribution in [0.15, 0.2) is 24.3 Å². The van der Waals surface area contributed by atoms with Gasteiger partial charge in [0.2, 0.25) is 0 Å². The van der Waals surface area contributed by atoms with Crippen LogP contribution in [-0.2, 0) is 0 Å². The number of benzene rings is 1. The Balaban J connectivity index is 1.85. The molecule has 3 heteroatoms. The van der Waals surface area contributed by atoms with E-state index in [0.717, 1.165) is 6.04 Å². The van der Waals surface area contributed by atoms with Crippen molar-refractivity contribution < 1.29 is 0 Å². The molecule has 2 heterocycles. The number of rotatable bonds is 2. The van der Waals surface area contributed by atoms with Crippen LogP contribution in [-0.4, -0.2) is 36.6 Å². The quantitative estimate of drug-likeness (QED) is 0.734. The van der Waals surface area contributed by atoms with Gasteiger partial charge in [-0.1, -0.05) is 13.8 Å². The molecule has 2 atom stereocenters. The van der Waals surface area contributed by atoms with Crippen molar-refractivity contribution in [3.63, 3.8) is 0 Å². The Morgan fingerprint density at radius 2 is 1.89 bits per heavy atom. The molecule has 2 fully saturated rings. The Bertz CT molecular complexity index is 429.